The van der Waals surface area contributed by atoms with Crippen LogP contribution in [0.4, 0.5) is 5.69 Å². The van der Waals surface area contributed by atoms with Crippen molar-refractivity contribution < 1.29 is 18.7 Å². The predicted molar refractivity (Wildman–Crippen MR) is 99.0 cm³/mol. The molecule has 3 aromatic rings. The molecule has 1 aliphatic rings. The lowest BCUT2D eigenvalue weighted by molar-refractivity contribution is 0.0997. The van der Waals surface area contributed by atoms with E-state index in [1.807, 2.05) is 6.92 Å². The third kappa shape index (κ3) is 2.96. The van der Waals surface area contributed by atoms with Crippen molar-refractivity contribution in [1.29, 1.82) is 0 Å². The number of furan rings is 1. The molecule has 1 N–H and O–H groups in total. The summed E-state index contributed by atoms with van der Waals surface area (Å²) in [4.78, 5) is 12.7. The molecule has 0 saturated heterocycles. The second-order valence-electron chi connectivity index (χ2n) is 5.63. The molecule has 0 spiro atoms. The first-order valence-electron chi connectivity index (χ1n) is 7.62. The fourth-order valence-corrected chi connectivity index (χ4v) is 3.34. The van der Waals surface area contributed by atoms with Crippen molar-refractivity contribution in [3.8, 4) is 11.5 Å². The minimum absolute atomic E-state index is 0.249. The summed E-state index contributed by atoms with van der Waals surface area (Å²) in [6.45, 7) is 2.81. The molecule has 25 heavy (non-hydrogen) atoms. The predicted octanol–water partition coefficient (Wildman–Crippen LogP) is 5.18. The molecule has 2 heterocycles. The Hall–Kier alpha value is -2.18. The molecule has 0 atom stereocenters. The lowest BCUT2D eigenvalue weighted by Crippen LogP contribution is -2.17. The van der Waals surface area contributed by atoms with Crippen LogP contribution in [0.15, 0.2) is 39.2 Å². The number of anilines is 1. The molecule has 128 valence electrons. The topological polar surface area (TPSA) is 60.7 Å². The number of ether oxygens (including phenoxy) is 2. The fraction of sp³-hybridized carbons (Fsp3) is 0.167. The van der Waals surface area contributed by atoms with Crippen LogP contribution in [0.3, 0.4) is 0 Å². The van der Waals surface area contributed by atoms with E-state index in [1.165, 1.54) is 0 Å². The number of nitrogens with one attached hydrogen (secondary N) is 1. The number of carbonyl (C=O) groups is 1. The van der Waals surface area contributed by atoms with Crippen LogP contribution < -0.4 is 14.8 Å². The summed E-state index contributed by atoms with van der Waals surface area (Å²) < 4.78 is 17.5. The summed E-state index contributed by atoms with van der Waals surface area (Å²) in [5.41, 5.74) is 1.93. The Morgan fingerprint density at radius 1 is 1.16 bits per heavy atom. The van der Waals surface area contributed by atoms with Gasteiger partial charge in [-0.25, -0.2) is 0 Å². The molecular formula is C18H13BrClNO4. The van der Waals surface area contributed by atoms with Crippen LogP contribution in [0.25, 0.3) is 11.0 Å². The normalized spacial score (nSPS) is 13.1. The summed E-state index contributed by atoms with van der Waals surface area (Å²) in [6.07, 6.45) is 0. The molecule has 4 rings (SSSR count). The number of fused-ring (bicyclic) bond motifs is 2. The van der Waals surface area contributed by atoms with Crippen LogP contribution in [0.1, 0.15) is 16.1 Å². The van der Waals surface area contributed by atoms with Gasteiger partial charge in [0.25, 0.3) is 5.91 Å². The van der Waals surface area contributed by atoms with Gasteiger partial charge in [0.05, 0.1) is 5.69 Å². The van der Waals surface area contributed by atoms with Crippen LogP contribution >= 0.6 is 27.5 Å². The molecule has 0 unspecified atom stereocenters. The monoisotopic (exact) mass is 421 g/mol. The van der Waals surface area contributed by atoms with Crippen LogP contribution in [0.2, 0.25) is 5.02 Å². The fourth-order valence-electron chi connectivity index (χ4n) is 2.75. The molecule has 0 saturated carbocycles. The van der Waals surface area contributed by atoms with Crippen LogP contribution in [-0.4, -0.2) is 19.1 Å². The summed E-state index contributed by atoms with van der Waals surface area (Å²) >= 11 is 9.46. The van der Waals surface area contributed by atoms with Crippen molar-refractivity contribution in [3.05, 3.63) is 51.2 Å². The van der Waals surface area contributed by atoms with Gasteiger partial charge in [-0.3, -0.25) is 4.79 Å². The second kappa shape index (κ2) is 6.28. The first-order valence-corrected chi connectivity index (χ1v) is 8.79. The van der Waals surface area contributed by atoms with Gasteiger partial charge in [-0.1, -0.05) is 11.6 Å². The van der Waals surface area contributed by atoms with Gasteiger partial charge >= 0.3 is 0 Å². The standard InChI is InChI=1S/C18H13BrClNO4/c1-9-11-6-10(20)2-3-14(11)25-17(9)18(22)21-13-8-16-15(7-12(13)19)23-4-5-24-16/h2-3,6-8H,4-5H2,1H3,(H,21,22). The number of benzene rings is 2. The van der Waals surface area contributed by atoms with Crippen molar-refractivity contribution in [3.63, 3.8) is 0 Å². The third-order valence-electron chi connectivity index (χ3n) is 3.98. The number of aryl methyl sites for hydroxylation is 1. The lowest BCUT2D eigenvalue weighted by Gasteiger charge is -2.20. The average molecular weight is 423 g/mol. The SMILES string of the molecule is Cc1c(C(=O)Nc2cc3c(cc2Br)OCCO3)oc2ccc(Cl)cc12. The Labute approximate surface area is 157 Å². The maximum Gasteiger partial charge on any atom is 0.291 e. The van der Waals surface area contributed by atoms with Crippen molar-refractivity contribution in [1.82, 2.24) is 0 Å². The Morgan fingerprint density at radius 2 is 1.88 bits per heavy atom. The highest BCUT2D eigenvalue weighted by Crippen LogP contribution is 2.38. The number of carbonyl (C=O) groups excluding carboxylic acids is 1. The minimum Gasteiger partial charge on any atom is -0.486 e. The molecule has 5 nitrogen and oxygen atoms in total. The van der Waals surface area contributed by atoms with E-state index < -0.39 is 0 Å². The number of amides is 1. The molecule has 1 aromatic heterocycles. The highest BCUT2D eigenvalue weighted by Gasteiger charge is 2.21. The molecule has 0 aliphatic carbocycles. The van der Waals surface area contributed by atoms with E-state index in [2.05, 4.69) is 21.2 Å². The van der Waals surface area contributed by atoms with Gasteiger partial charge in [0.2, 0.25) is 0 Å². The summed E-state index contributed by atoms with van der Waals surface area (Å²) in [5, 5.41) is 4.26. The van der Waals surface area contributed by atoms with E-state index in [4.69, 9.17) is 25.5 Å². The smallest absolute Gasteiger partial charge is 0.291 e. The van der Waals surface area contributed by atoms with Gasteiger partial charge in [0, 0.05) is 32.6 Å². The quantitative estimate of drug-likeness (QED) is 0.618. The Bertz CT molecular complexity index is 998. The zero-order valence-electron chi connectivity index (χ0n) is 13.2. The second-order valence-corrected chi connectivity index (χ2v) is 6.92. The molecule has 7 heteroatoms. The number of rotatable bonds is 2. The zero-order chi connectivity index (χ0) is 17.6. The Morgan fingerprint density at radius 3 is 2.64 bits per heavy atom. The highest BCUT2D eigenvalue weighted by atomic mass is 79.9. The van der Waals surface area contributed by atoms with Gasteiger partial charge < -0.3 is 19.2 Å². The molecule has 0 fully saturated rings. The van der Waals surface area contributed by atoms with E-state index in [1.54, 1.807) is 30.3 Å². The average Bonchev–Trinajstić information content (AvgIpc) is 2.92. The largest absolute Gasteiger partial charge is 0.486 e. The summed E-state index contributed by atoms with van der Waals surface area (Å²) in [7, 11) is 0. The van der Waals surface area contributed by atoms with Gasteiger partial charge in [0.1, 0.15) is 18.8 Å². The summed E-state index contributed by atoms with van der Waals surface area (Å²) in [5.74, 6) is 1.14. The number of hydrogen-bond acceptors (Lipinski definition) is 4. The summed E-state index contributed by atoms with van der Waals surface area (Å²) in [6, 6.07) is 8.76. The van der Waals surface area contributed by atoms with Crippen molar-refractivity contribution in [2.24, 2.45) is 0 Å². The molecule has 1 aliphatic heterocycles. The third-order valence-corrected chi connectivity index (χ3v) is 4.88. The Balaban J connectivity index is 1.67. The molecule has 1 amide bonds. The van der Waals surface area contributed by atoms with E-state index >= 15 is 0 Å². The zero-order valence-corrected chi connectivity index (χ0v) is 15.5. The van der Waals surface area contributed by atoms with Crippen LogP contribution in [-0.2, 0) is 0 Å². The molecular weight excluding hydrogens is 410 g/mol. The van der Waals surface area contributed by atoms with Crippen LogP contribution in [0, 0.1) is 6.92 Å². The Kier molecular flexibility index (Phi) is 4.09. The maximum absolute atomic E-state index is 12.7. The van der Waals surface area contributed by atoms with Crippen molar-refractivity contribution >= 4 is 50.1 Å². The number of halogens is 2. The van der Waals surface area contributed by atoms with E-state index in [-0.39, 0.29) is 11.7 Å². The van der Waals surface area contributed by atoms with Gasteiger partial charge in [-0.05, 0) is 41.1 Å². The highest BCUT2D eigenvalue weighted by molar-refractivity contribution is 9.10. The lowest BCUT2D eigenvalue weighted by atomic mass is 10.1. The van der Waals surface area contributed by atoms with E-state index in [9.17, 15) is 4.79 Å². The molecule has 2 aromatic carbocycles. The van der Waals surface area contributed by atoms with Crippen molar-refractivity contribution in [2.45, 2.75) is 6.92 Å². The van der Waals surface area contributed by atoms with Gasteiger partial charge in [-0.2, -0.15) is 0 Å². The van der Waals surface area contributed by atoms with Crippen LogP contribution in [0.5, 0.6) is 11.5 Å². The maximum atomic E-state index is 12.7. The minimum atomic E-state index is -0.345. The molecule has 0 bridgehead atoms. The first kappa shape index (κ1) is 16.3. The molecule has 0 radical (unpaired) electrons. The van der Waals surface area contributed by atoms with E-state index in [0.29, 0.717) is 45.5 Å². The van der Waals surface area contributed by atoms with Gasteiger partial charge in [-0.15, -0.1) is 0 Å². The number of hydrogen-bond donors (Lipinski definition) is 1. The van der Waals surface area contributed by atoms with E-state index in [0.717, 1.165) is 10.9 Å². The van der Waals surface area contributed by atoms with Crippen molar-refractivity contribution in [2.75, 3.05) is 18.5 Å². The first-order chi connectivity index (χ1) is 12.0. The van der Waals surface area contributed by atoms with Gasteiger partial charge in [0.15, 0.2) is 17.3 Å².